The summed E-state index contributed by atoms with van der Waals surface area (Å²) < 4.78 is 12.0. The monoisotopic (exact) mass is 522 g/mol. The number of quaternary nitrogens is 1. The first-order valence-electron chi connectivity index (χ1n) is 13.1. The van der Waals surface area contributed by atoms with Crippen molar-refractivity contribution in [2.24, 2.45) is 5.92 Å². The minimum atomic E-state index is -2.49. The van der Waals surface area contributed by atoms with Gasteiger partial charge in [0.2, 0.25) is 0 Å². The normalized spacial score (nSPS) is 26.2. The van der Waals surface area contributed by atoms with Crippen LogP contribution in [0.15, 0.2) is 48.9 Å². The SMILES string of the molecule is CC(C)C[C@H](CC(=O)[C@H](Cc1ccccc1)NC(=O)c1cnccn1)[B-]12OC(=O)C[C@H](C)[N+]1(C)CC(=O)O2. The number of hydrogen-bond donors (Lipinski definition) is 1. The van der Waals surface area contributed by atoms with Crippen molar-refractivity contribution in [3.63, 3.8) is 0 Å². The zero-order valence-corrected chi connectivity index (χ0v) is 22.3. The van der Waals surface area contributed by atoms with Crippen LogP contribution in [-0.4, -0.2) is 70.4 Å². The van der Waals surface area contributed by atoms with Crippen LogP contribution in [0.5, 0.6) is 0 Å². The molecule has 2 saturated heterocycles. The highest BCUT2D eigenvalue weighted by molar-refractivity contribution is 6.67. The number of carbonyl (C=O) groups is 4. The number of ketones is 1. The molecule has 202 valence electrons. The van der Waals surface area contributed by atoms with Crippen molar-refractivity contribution < 1.29 is 32.9 Å². The molecule has 3 heterocycles. The predicted molar refractivity (Wildman–Crippen MR) is 139 cm³/mol. The lowest BCUT2D eigenvalue weighted by atomic mass is 9.49. The third-order valence-electron chi connectivity index (χ3n) is 7.97. The maximum Gasteiger partial charge on any atom is 0.587 e. The number of rotatable bonds is 10. The Morgan fingerprint density at radius 2 is 1.84 bits per heavy atom. The largest absolute Gasteiger partial charge is 0.604 e. The molecule has 10 nitrogen and oxygen atoms in total. The van der Waals surface area contributed by atoms with Crippen LogP contribution in [0.3, 0.4) is 0 Å². The summed E-state index contributed by atoms with van der Waals surface area (Å²) in [5, 5.41) is 2.83. The molecule has 38 heavy (non-hydrogen) atoms. The van der Waals surface area contributed by atoms with Crippen LogP contribution in [0, 0.1) is 5.92 Å². The molecule has 2 aliphatic rings. The highest BCUT2D eigenvalue weighted by atomic mass is 16.7. The molecule has 2 fully saturated rings. The fourth-order valence-corrected chi connectivity index (χ4v) is 5.92. The third-order valence-corrected chi connectivity index (χ3v) is 7.97. The summed E-state index contributed by atoms with van der Waals surface area (Å²) in [6, 6.07) is 8.32. The molecule has 2 aliphatic heterocycles. The molecule has 0 aliphatic carbocycles. The van der Waals surface area contributed by atoms with E-state index >= 15 is 0 Å². The molecule has 2 unspecified atom stereocenters. The van der Waals surface area contributed by atoms with E-state index in [-0.39, 0.29) is 53.6 Å². The van der Waals surface area contributed by atoms with Gasteiger partial charge in [0, 0.05) is 19.4 Å². The van der Waals surface area contributed by atoms with Gasteiger partial charge in [-0.3, -0.25) is 24.2 Å². The van der Waals surface area contributed by atoms with Gasteiger partial charge >= 0.3 is 12.7 Å². The topological polar surface area (TPSA) is 125 Å². The van der Waals surface area contributed by atoms with E-state index in [0.717, 1.165) is 5.56 Å². The van der Waals surface area contributed by atoms with Gasteiger partial charge in [-0.15, -0.1) is 0 Å². The lowest BCUT2D eigenvalue weighted by Crippen LogP contribution is -2.74. The van der Waals surface area contributed by atoms with Gasteiger partial charge in [0.15, 0.2) is 5.78 Å². The number of fused-ring (bicyclic) bond motifs is 1. The van der Waals surface area contributed by atoms with E-state index in [0.29, 0.717) is 6.42 Å². The molecule has 5 atom stereocenters. The Balaban J connectivity index is 1.66. The molecule has 1 N–H and O–H groups in total. The summed E-state index contributed by atoms with van der Waals surface area (Å²) in [5.41, 5.74) is 0.976. The maximum absolute atomic E-state index is 14.0. The fraction of sp³-hybridized carbons (Fsp3) is 0.481. The molecule has 4 rings (SSSR count). The van der Waals surface area contributed by atoms with Crippen LogP contribution in [0.4, 0.5) is 0 Å². The number of carbonyl (C=O) groups excluding carboxylic acids is 4. The van der Waals surface area contributed by atoms with Crippen molar-refractivity contribution in [3.8, 4) is 0 Å². The van der Waals surface area contributed by atoms with E-state index in [4.69, 9.17) is 9.31 Å². The van der Waals surface area contributed by atoms with Crippen LogP contribution in [-0.2, 0) is 30.1 Å². The minimum absolute atomic E-state index is 0.0302. The van der Waals surface area contributed by atoms with Gasteiger partial charge in [-0.1, -0.05) is 50.6 Å². The summed E-state index contributed by atoms with van der Waals surface area (Å²) >= 11 is 0. The molecule has 1 amide bonds. The Hall–Kier alpha value is -3.60. The first kappa shape index (κ1) is 27.4. The molecule has 2 aromatic rings. The lowest BCUT2D eigenvalue weighted by molar-refractivity contribution is -0.840. The average molecular weight is 522 g/mol. The lowest BCUT2D eigenvalue weighted by Gasteiger charge is -2.57. The molecule has 1 aromatic carbocycles. The fourth-order valence-electron chi connectivity index (χ4n) is 5.92. The van der Waals surface area contributed by atoms with Crippen molar-refractivity contribution >= 4 is 30.3 Å². The van der Waals surface area contributed by atoms with Gasteiger partial charge in [-0.25, -0.2) is 4.98 Å². The number of hydrogen-bond acceptors (Lipinski definition) is 8. The zero-order valence-electron chi connectivity index (χ0n) is 22.3. The molecule has 1 aromatic heterocycles. The van der Waals surface area contributed by atoms with E-state index in [1.54, 1.807) is 0 Å². The van der Waals surface area contributed by atoms with Crippen molar-refractivity contribution in [2.75, 3.05) is 13.6 Å². The van der Waals surface area contributed by atoms with Crippen LogP contribution in [0.25, 0.3) is 0 Å². The van der Waals surface area contributed by atoms with Gasteiger partial charge in [-0.05, 0) is 37.1 Å². The Bertz CT molecular complexity index is 1190. The molecule has 11 heteroatoms. The van der Waals surface area contributed by atoms with Gasteiger partial charge < -0.3 is 19.0 Å². The number of nitrogens with one attached hydrogen (secondary N) is 1. The molecule has 0 radical (unpaired) electrons. The summed E-state index contributed by atoms with van der Waals surface area (Å²) in [6.45, 7) is 3.52. The number of benzene rings is 1. The highest BCUT2D eigenvalue weighted by Gasteiger charge is 2.68. The number of aromatic nitrogens is 2. The van der Waals surface area contributed by atoms with E-state index in [1.165, 1.54) is 18.6 Å². The predicted octanol–water partition coefficient (Wildman–Crippen LogP) is 2.47. The number of amides is 1. The number of nitrogens with zero attached hydrogens (tertiary/aromatic N) is 3. The van der Waals surface area contributed by atoms with E-state index < -0.39 is 36.4 Å². The number of Topliss-reactive ketones (excluding diaryl/α,β-unsaturated/α-hetero) is 1. The summed E-state index contributed by atoms with van der Waals surface area (Å²) in [7, 11) is 1.87. The van der Waals surface area contributed by atoms with Crippen molar-refractivity contribution in [1.29, 1.82) is 0 Å². The van der Waals surface area contributed by atoms with Gasteiger partial charge in [-0.2, -0.15) is 0 Å². The molecule has 0 bridgehead atoms. The Labute approximate surface area is 222 Å². The molecule has 0 saturated carbocycles. The summed E-state index contributed by atoms with van der Waals surface area (Å²) in [4.78, 5) is 60.2. The van der Waals surface area contributed by atoms with Gasteiger partial charge in [0.1, 0.15) is 12.2 Å². The summed E-state index contributed by atoms with van der Waals surface area (Å²) in [5.74, 6) is -2.03. The standard InChI is InChI=1S/C27H35BN4O6/c1-18(2)12-21(28-32(4,17-26(35)38-28)19(3)13-25(34)37-28)15-24(33)22(14-20-8-6-5-7-9-20)31-27(36)23-16-29-10-11-30-23/h5-11,16,18-19,21-22H,12-15,17H2,1-4H3,(H,31,36)/t19-,21+,22-,28?,32?/m0/s1. The number of likely N-dealkylation sites (N-methyl/N-ethyl adjacent to an activating group) is 1. The Kier molecular flexibility index (Phi) is 7.96. The zero-order chi connectivity index (χ0) is 27.5. The van der Waals surface area contributed by atoms with Crippen molar-refractivity contribution in [1.82, 2.24) is 15.3 Å². The summed E-state index contributed by atoms with van der Waals surface area (Å²) in [6.07, 6.45) is 5.13. The average Bonchev–Trinajstić information content (AvgIpc) is 3.15. The molecular weight excluding hydrogens is 487 g/mol. The molecule has 0 spiro atoms. The Morgan fingerprint density at radius 1 is 1.13 bits per heavy atom. The van der Waals surface area contributed by atoms with Crippen LogP contribution in [0.2, 0.25) is 5.82 Å². The smallest absolute Gasteiger partial charge is 0.587 e. The maximum atomic E-state index is 14.0. The second-order valence-corrected chi connectivity index (χ2v) is 11.1. The second-order valence-electron chi connectivity index (χ2n) is 11.1. The van der Waals surface area contributed by atoms with Crippen molar-refractivity contribution in [2.45, 2.75) is 64.4 Å². The van der Waals surface area contributed by atoms with Crippen LogP contribution >= 0.6 is 0 Å². The van der Waals surface area contributed by atoms with E-state index in [1.807, 2.05) is 58.2 Å². The van der Waals surface area contributed by atoms with Gasteiger partial charge in [0.25, 0.3) is 11.9 Å². The van der Waals surface area contributed by atoms with Crippen molar-refractivity contribution in [3.05, 3.63) is 60.2 Å². The van der Waals surface area contributed by atoms with Gasteiger partial charge in [0.05, 0.1) is 24.7 Å². The van der Waals surface area contributed by atoms with E-state index in [9.17, 15) is 19.2 Å². The minimum Gasteiger partial charge on any atom is -0.604 e. The first-order valence-corrected chi connectivity index (χ1v) is 13.1. The quantitative estimate of drug-likeness (QED) is 0.472. The first-order chi connectivity index (χ1) is 18.0. The second kappa shape index (κ2) is 11.0. The Morgan fingerprint density at radius 3 is 2.50 bits per heavy atom. The van der Waals surface area contributed by atoms with E-state index in [2.05, 4.69) is 15.3 Å². The van der Waals surface area contributed by atoms with Crippen LogP contribution in [0.1, 0.15) is 56.1 Å². The molecular formula is C27H35BN4O6. The third kappa shape index (κ3) is 5.47. The highest BCUT2D eigenvalue weighted by Crippen LogP contribution is 2.47. The van der Waals surface area contributed by atoms with Crippen LogP contribution < -0.4 is 5.32 Å².